The Morgan fingerprint density at radius 2 is 1.61 bits per heavy atom. The van der Waals surface area contributed by atoms with Crippen LogP contribution >= 0.6 is 0 Å². The number of benzene rings is 2. The van der Waals surface area contributed by atoms with E-state index >= 15 is 0 Å². The van der Waals surface area contributed by atoms with Gasteiger partial charge in [-0.1, -0.05) is 81.1 Å². The molecular formula is C23H27NO4. The molecule has 1 aliphatic carbocycles. The first-order valence-electron chi connectivity index (χ1n) is 9.96. The van der Waals surface area contributed by atoms with Gasteiger partial charge in [-0.05, 0) is 28.7 Å². The molecule has 1 amide bonds. The number of carbonyl (C=O) groups is 2. The number of rotatable bonds is 9. The van der Waals surface area contributed by atoms with Crippen LogP contribution in [-0.2, 0) is 9.53 Å². The largest absolute Gasteiger partial charge is 0.480 e. The highest BCUT2D eigenvalue weighted by molar-refractivity contribution is 5.81. The Kier molecular flexibility index (Phi) is 6.69. The zero-order chi connectivity index (χ0) is 19.9. The molecule has 0 spiro atoms. The molecule has 0 saturated heterocycles. The summed E-state index contributed by atoms with van der Waals surface area (Å²) in [6, 6.07) is 15.3. The molecule has 0 aromatic heterocycles. The zero-order valence-corrected chi connectivity index (χ0v) is 16.2. The summed E-state index contributed by atoms with van der Waals surface area (Å²) in [4.78, 5) is 23.6. The number of ether oxygens (including phenoxy) is 1. The normalized spacial score (nSPS) is 13.5. The van der Waals surface area contributed by atoms with Gasteiger partial charge in [0.1, 0.15) is 12.6 Å². The molecule has 5 nitrogen and oxygen atoms in total. The van der Waals surface area contributed by atoms with E-state index < -0.39 is 18.1 Å². The lowest BCUT2D eigenvalue weighted by Crippen LogP contribution is -2.41. The molecule has 0 bridgehead atoms. The summed E-state index contributed by atoms with van der Waals surface area (Å²) in [6.45, 7) is 2.28. The van der Waals surface area contributed by atoms with Crippen molar-refractivity contribution in [3.8, 4) is 11.1 Å². The highest BCUT2D eigenvalue weighted by Gasteiger charge is 2.29. The van der Waals surface area contributed by atoms with E-state index in [2.05, 4.69) is 36.5 Å². The minimum absolute atomic E-state index is 0.0361. The van der Waals surface area contributed by atoms with Crippen LogP contribution in [0, 0.1) is 0 Å². The summed E-state index contributed by atoms with van der Waals surface area (Å²) >= 11 is 0. The third kappa shape index (κ3) is 4.53. The van der Waals surface area contributed by atoms with Crippen molar-refractivity contribution in [3.63, 3.8) is 0 Å². The zero-order valence-electron chi connectivity index (χ0n) is 16.2. The Morgan fingerprint density at radius 1 is 1.00 bits per heavy atom. The van der Waals surface area contributed by atoms with Gasteiger partial charge in [0.15, 0.2) is 0 Å². The quantitative estimate of drug-likeness (QED) is 0.603. The number of aliphatic carboxylic acids is 1. The van der Waals surface area contributed by atoms with Gasteiger partial charge in [0.05, 0.1) is 0 Å². The van der Waals surface area contributed by atoms with E-state index in [1.807, 2.05) is 24.3 Å². The van der Waals surface area contributed by atoms with Crippen molar-refractivity contribution >= 4 is 12.1 Å². The van der Waals surface area contributed by atoms with Crippen molar-refractivity contribution in [2.24, 2.45) is 0 Å². The molecule has 3 rings (SSSR count). The van der Waals surface area contributed by atoms with E-state index in [4.69, 9.17) is 4.74 Å². The molecule has 5 heteroatoms. The maximum atomic E-state index is 12.2. The second-order valence-corrected chi connectivity index (χ2v) is 7.21. The van der Waals surface area contributed by atoms with Gasteiger partial charge in [0.2, 0.25) is 0 Å². The first kappa shape index (κ1) is 19.9. The van der Waals surface area contributed by atoms with Crippen LogP contribution in [0.15, 0.2) is 48.5 Å². The van der Waals surface area contributed by atoms with E-state index in [1.165, 1.54) is 0 Å². The first-order chi connectivity index (χ1) is 13.6. The number of nitrogens with one attached hydrogen (secondary N) is 1. The van der Waals surface area contributed by atoms with Crippen LogP contribution in [0.3, 0.4) is 0 Å². The standard InChI is InChI=1S/C23H27NO4/c1-2-3-4-5-14-21(22(25)26)24-23(27)28-15-20-18-12-8-6-10-16(18)17-11-7-9-13-19(17)20/h6-13,20-21H,2-5,14-15H2,1H3,(H,24,27)(H,25,26)/t21-/m1/s1. The Hall–Kier alpha value is -2.82. The predicted octanol–water partition coefficient (Wildman–Crippen LogP) is 4.95. The van der Waals surface area contributed by atoms with Crippen molar-refractivity contribution in [1.29, 1.82) is 0 Å². The number of alkyl carbamates (subject to hydrolysis) is 1. The Bertz CT molecular complexity index is 787. The lowest BCUT2D eigenvalue weighted by molar-refractivity contribution is -0.139. The summed E-state index contributed by atoms with van der Waals surface area (Å²) in [5.41, 5.74) is 4.58. The Balaban J connectivity index is 1.60. The monoisotopic (exact) mass is 381 g/mol. The third-order valence-electron chi connectivity index (χ3n) is 5.28. The number of carboxylic acids is 1. The molecule has 2 aromatic rings. The number of hydrogen-bond acceptors (Lipinski definition) is 3. The summed E-state index contributed by atoms with van der Waals surface area (Å²) in [5.74, 6) is -1.06. The van der Waals surface area contributed by atoms with Crippen LogP contribution < -0.4 is 5.32 Å². The van der Waals surface area contributed by atoms with Crippen LogP contribution in [0.2, 0.25) is 0 Å². The minimum atomic E-state index is -1.02. The highest BCUT2D eigenvalue weighted by Crippen LogP contribution is 2.44. The summed E-state index contributed by atoms with van der Waals surface area (Å²) in [5, 5.41) is 11.9. The lowest BCUT2D eigenvalue weighted by Gasteiger charge is -2.17. The topological polar surface area (TPSA) is 75.6 Å². The second kappa shape index (κ2) is 9.40. The number of carbonyl (C=O) groups excluding carboxylic acids is 1. The third-order valence-corrected chi connectivity index (χ3v) is 5.28. The van der Waals surface area contributed by atoms with Crippen LogP contribution in [-0.4, -0.2) is 29.8 Å². The molecule has 0 saturated carbocycles. The van der Waals surface area contributed by atoms with Gasteiger partial charge < -0.3 is 15.2 Å². The number of amides is 1. The fourth-order valence-corrected chi connectivity index (χ4v) is 3.81. The second-order valence-electron chi connectivity index (χ2n) is 7.21. The van der Waals surface area contributed by atoms with Gasteiger partial charge in [-0.2, -0.15) is 0 Å². The smallest absolute Gasteiger partial charge is 0.407 e. The van der Waals surface area contributed by atoms with Gasteiger partial charge in [-0.15, -0.1) is 0 Å². The van der Waals surface area contributed by atoms with Crippen molar-refractivity contribution in [2.45, 2.75) is 51.0 Å². The van der Waals surface area contributed by atoms with Gasteiger partial charge in [-0.3, -0.25) is 0 Å². The van der Waals surface area contributed by atoms with Gasteiger partial charge in [0.25, 0.3) is 0 Å². The first-order valence-corrected chi connectivity index (χ1v) is 9.96. The van der Waals surface area contributed by atoms with Gasteiger partial charge >= 0.3 is 12.1 Å². The molecular weight excluding hydrogens is 354 g/mol. The van der Waals surface area contributed by atoms with Crippen molar-refractivity contribution < 1.29 is 19.4 Å². The fourth-order valence-electron chi connectivity index (χ4n) is 3.81. The molecule has 0 aliphatic heterocycles. The Morgan fingerprint density at radius 3 is 2.18 bits per heavy atom. The van der Waals surface area contributed by atoms with Crippen LogP contribution in [0.1, 0.15) is 56.1 Å². The van der Waals surface area contributed by atoms with Crippen LogP contribution in [0.25, 0.3) is 11.1 Å². The van der Waals surface area contributed by atoms with Gasteiger partial charge in [-0.25, -0.2) is 9.59 Å². The maximum absolute atomic E-state index is 12.2. The van der Waals surface area contributed by atoms with E-state index in [9.17, 15) is 14.7 Å². The van der Waals surface area contributed by atoms with E-state index in [0.717, 1.165) is 47.9 Å². The van der Waals surface area contributed by atoms with Crippen molar-refractivity contribution in [1.82, 2.24) is 5.32 Å². The summed E-state index contributed by atoms with van der Waals surface area (Å²) in [6.07, 6.45) is 3.62. The van der Waals surface area contributed by atoms with E-state index in [0.29, 0.717) is 6.42 Å². The molecule has 2 aromatic carbocycles. The van der Waals surface area contributed by atoms with Crippen LogP contribution in [0.5, 0.6) is 0 Å². The molecule has 1 aliphatic rings. The Labute approximate surface area is 165 Å². The molecule has 28 heavy (non-hydrogen) atoms. The SMILES string of the molecule is CCCCCC[C@@H](NC(=O)OCC1c2ccccc2-c2ccccc21)C(=O)O. The van der Waals surface area contributed by atoms with Crippen LogP contribution in [0.4, 0.5) is 4.79 Å². The average Bonchev–Trinajstić information content (AvgIpc) is 3.02. The molecule has 0 unspecified atom stereocenters. The summed E-state index contributed by atoms with van der Waals surface area (Å²) in [7, 11) is 0. The number of hydrogen-bond donors (Lipinski definition) is 2. The van der Waals surface area contributed by atoms with Crippen molar-refractivity contribution in [3.05, 3.63) is 59.7 Å². The molecule has 2 N–H and O–H groups in total. The average molecular weight is 381 g/mol. The minimum Gasteiger partial charge on any atom is -0.480 e. The number of carboxylic acid groups (broad SMARTS) is 1. The molecule has 0 fully saturated rings. The van der Waals surface area contributed by atoms with E-state index in [-0.39, 0.29) is 12.5 Å². The fraction of sp³-hybridized carbons (Fsp3) is 0.391. The molecule has 0 radical (unpaired) electrons. The maximum Gasteiger partial charge on any atom is 0.407 e. The highest BCUT2D eigenvalue weighted by atomic mass is 16.5. The lowest BCUT2D eigenvalue weighted by atomic mass is 9.98. The van der Waals surface area contributed by atoms with E-state index in [1.54, 1.807) is 0 Å². The van der Waals surface area contributed by atoms with Gasteiger partial charge in [0, 0.05) is 5.92 Å². The van der Waals surface area contributed by atoms with Crippen molar-refractivity contribution in [2.75, 3.05) is 6.61 Å². The number of fused-ring (bicyclic) bond motifs is 3. The predicted molar refractivity (Wildman–Crippen MR) is 108 cm³/mol. The summed E-state index contributed by atoms with van der Waals surface area (Å²) < 4.78 is 5.43. The molecule has 0 heterocycles. The molecule has 1 atom stereocenters. The molecule has 148 valence electrons. The number of unbranched alkanes of at least 4 members (excludes halogenated alkanes) is 3.